The second-order valence-corrected chi connectivity index (χ2v) is 8.67. The zero-order valence-corrected chi connectivity index (χ0v) is 17.9. The molecule has 0 spiro atoms. The zero-order chi connectivity index (χ0) is 21.0. The number of nitriles is 1. The molecule has 152 valence electrons. The van der Waals surface area contributed by atoms with Crippen molar-refractivity contribution < 1.29 is 4.79 Å². The van der Waals surface area contributed by atoms with Crippen molar-refractivity contribution in [3.63, 3.8) is 0 Å². The number of thioether (sulfide) groups is 1. The van der Waals surface area contributed by atoms with Crippen LogP contribution in [-0.4, -0.2) is 39.3 Å². The molecule has 1 amide bonds. The fraction of sp³-hybridized carbons (Fsp3) is 0.333. The molecule has 5 nitrogen and oxygen atoms in total. The summed E-state index contributed by atoms with van der Waals surface area (Å²) in [6.45, 7) is 0. The summed E-state index contributed by atoms with van der Waals surface area (Å²) in [6, 6.07) is 20.4. The Bertz CT molecular complexity index is 1090. The fourth-order valence-corrected chi connectivity index (χ4v) is 5.01. The normalized spacial score (nSPS) is 15.5. The number of carbonyl (C=O) groups excluding carboxylic acids is 1. The molecule has 6 heteroatoms. The molecule has 0 radical (unpaired) electrons. The van der Waals surface area contributed by atoms with Crippen LogP contribution in [0.4, 0.5) is 0 Å². The van der Waals surface area contributed by atoms with Crippen LogP contribution >= 0.6 is 11.8 Å². The van der Waals surface area contributed by atoms with Gasteiger partial charge in [0.1, 0.15) is 16.3 Å². The van der Waals surface area contributed by atoms with Crippen LogP contribution < -0.4 is 0 Å². The molecule has 1 fully saturated rings. The minimum atomic E-state index is -0.666. The Morgan fingerprint density at radius 1 is 1.03 bits per heavy atom. The van der Waals surface area contributed by atoms with E-state index in [9.17, 15) is 10.1 Å². The van der Waals surface area contributed by atoms with Crippen LogP contribution in [0, 0.1) is 11.3 Å². The first-order chi connectivity index (χ1) is 14.6. The van der Waals surface area contributed by atoms with Gasteiger partial charge in [0.05, 0.1) is 11.8 Å². The van der Waals surface area contributed by atoms with E-state index in [1.165, 1.54) is 11.8 Å². The van der Waals surface area contributed by atoms with Gasteiger partial charge in [-0.05, 0) is 12.8 Å². The Kier molecular flexibility index (Phi) is 6.01. The highest BCUT2D eigenvalue weighted by molar-refractivity contribution is 8.00. The average Bonchev–Trinajstić information content (AvgIpc) is 2.82. The number of rotatable bonds is 5. The lowest BCUT2D eigenvalue weighted by molar-refractivity contribution is -0.131. The summed E-state index contributed by atoms with van der Waals surface area (Å²) in [7, 11) is 1.76. The molecule has 2 aromatic carbocycles. The molecular formula is C24H24N4OS. The number of benzene rings is 2. The Balaban J connectivity index is 1.56. The van der Waals surface area contributed by atoms with Crippen LogP contribution in [0.2, 0.25) is 0 Å². The molecule has 4 rings (SSSR count). The quantitative estimate of drug-likeness (QED) is 0.543. The van der Waals surface area contributed by atoms with Gasteiger partial charge in [0.2, 0.25) is 5.91 Å². The van der Waals surface area contributed by atoms with Crippen molar-refractivity contribution in [3.8, 4) is 17.3 Å². The standard InChI is InChI=1S/C24H24N4OS/c1-28(24(17-25)14-8-3-9-15-24)21(29)16-30-23-20-13-7-6-12-19(20)22(26-27-23)18-10-4-2-5-11-18/h2,4-7,10-13H,3,8-9,14-16H2,1H3. The van der Waals surface area contributed by atoms with Crippen LogP contribution in [0.1, 0.15) is 32.1 Å². The third kappa shape index (κ3) is 3.90. The van der Waals surface area contributed by atoms with Crippen LogP contribution in [0.15, 0.2) is 59.6 Å². The molecule has 0 saturated heterocycles. The first-order valence-corrected chi connectivity index (χ1v) is 11.2. The first-order valence-electron chi connectivity index (χ1n) is 10.3. The van der Waals surface area contributed by atoms with Gasteiger partial charge in [0.25, 0.3) is 0 Å². The predicted octanol–water partition coefficient (Wildman–Crippen LogP) is 5.07. The van der Waals surface area contributed by atoms with Crippen molar-refractivity contribution in [3.05, 3.63) is 54.6 Å². The van der Waals surface area contributed by atoms with Crippen LogP contribution in [0.25, 0.3) is 22.0 Å². The first kappa shape index (κ1) is 20.4. The fourth-order valence-electron chi connectivity index (χ4n) is 4.12. The van der Waals surface area contributed by atoms with Gasteiger partial charge in [-0.1, -0.05) is 85.6 Å². The lowest BCUT2D eigenvalue weighted by Gasteiger charge is -2.39. The highest BCUT2D eigenvalue weighted by Gasteiger charge is 2.38. The smallest absolute Gasteiger partial charge is 0.234 e. The van der Waals surface area contributed by atoms with Crippen molar-refractivity contribution in [2.24, 2.45) is 0 Å². The summed E-state index contributed by atoms with van der Waals surface area (Å²) < 4.78 is 0. The molecule has 0 atom stereocenters. The number of aromatic nitrogens is 2. The van der Waals surface area contributed by atoms with E-state index in [0.717, 1.165) is 59.2 Å². The molecule has 1 aliphatic carbocycles. The minimum absolute atomic E-state index is 0.0403. The van der Waals surface area contributed by atoms with Crippen LogP contribution in [0.5, 0.6) is 0 Å². The van der Waals surface area contributed by atoms with Gasteiger partial charge in [-0.25, -0.2) is 0 Å². The summed E-state index contributed by atoms with van der Waals surface area (Å²) in [5.41, 5.74) is 1.19. The Morgan fingerprint density at radius 3 is 2.40 bits per heavy atom. The Labute approximate surface area is 181 Å². The van der Waals surface area contributed by atoms with Crippen molar-refractivity contribution in [1.82, 2.24) is 15.1 Å². The molecule has 0 N–H and O–H groups in total. The molecule has 0 bridgehead atoms. The van der Waals surface area contributed by atoms with E-state index in [1.54, 1.807) is 11.9 Å². The third-order valence-electron chi connectivity index (χ3n) is 5.94. The van der Waals surface area contributed by atoms with Gasteiger partial charge in [-0.3, -0.25) is 4.79 Å². The van der Waals surface area contributed by atoms with E-state index < -0.39 is 5.54 Å². The van der Waals surface area contributed by atoms with E-state index in [0.29, 0.717) is 0 Å². The molecule has 0 unspecified atom stereocenters. The maximum atomic E-state index is 12.9. The summed E-state index contributed by atoms with van der Waals surface area (Å²) in [5.74, 6) is 0.199. The largest absolute Gasteiger partial charge is 0.326 e. The zero-order valence-electron chi connectivity index (χ0n) is 17.0. The van der Waals surface area contributed by atoms with E-state index in [2.05, 4.69) is 16.3 Å². The Hall–Kier alpha value is -2.91. The second-order valence-electron chi connectivity index (χ2n) is 7.71. The maximum Gasteiger partial charge on any atom is 0.234 e. The SMILES string of the molecule is CN(C(=O)CSc1nnc(-c2ccccc2)c2ccccc12)C1(C#N)CCCCC1. The van der Waals surface area contributed by atoms with Crippen LogP contribution in [0.3, 0.4) is 0 Å². The topological polar surface area (TPSA) is 69.9 Å². The van der Waals surface area contributed by atoms with E-state index in [-0.39, 0.29) is 11.7 Å². The molecule has 3 aromatic rings. The second kappa shape index (κ2) is 8.85. The van der Waals surface area contributed by atoms with E-state index in [4.69, 9.17) is 0 Å². The van der Waals surface area contributed by atoms with E-state index in [1.807, 2.05) is 54.6 Å². The molecule has 30 heavy (non-hydrogen) atoms. The lowest BCUT2D eigenvalue weighted by atomic mass is 9.81. The third-order valence-corrected chi connectivity index (χ3v) is 6.90. The molecule has 1 aliphatic rings. The molecule has 1 aromatic heterocycles. The Morgan fingerprint density at radius 2 is 1.70 bits per heavy atom. The number of amides is 1. The van der Waals surface area contributed by atoms with Gasteiger partial charge in [-0.15, -0.1) is 10.2 Å². The summed E-state index contributed by atoms with van der Waals surface area (Å²) in [4.78, 5) is 14.6. The molecule has 1 heterocycles. The van der Waals surface area contributed by atoms with Crippen molar-refractivity contribution in [1.29, 1.82) is 5.26 Å². The van der Waals surface area contributed by atoms with Crippen molar-refractivity contribution in [2.75, 3.05) is 12.8 Å². The van der Waals surface area contributed by atoms with Gasteiger partial charge < -0.3 is 4.90 Å². The predicted molar refractivity (Wildman–Crippen MR) is 120 cm³/mol. The van der Waals surface area contributed by atoms with Gasteiger partial charge in [0, 0.05) is 23.4 Å². The number of nitrogens with zero attached hydrogens (tertiary/aromatic N) is 4. The highest BCUT2D eigenvalue weighted by atomic mass is 32.2. The summed E-state index contributed by atoms with van der Waals surface area (Å²) >= 11 is 1.39. The van der Waals surface area contributed by atoms with Crippen LogP contribution in [-0.2, 0) is 4.79 Å². The van der Waals surface area contributed by atoms with Gasteiger partial charge >= 0.3 is 0 Å². The molecule has 1 saturated carbocycles. The monoisotopic (exact) mass is 416 g/mol. The number of fused-ring (bicyclic) bond motifs is 1. The molecule has 0 aliphatic heterocycles. The van der Waals surface area contributed by atoms with Crippen molar-refractivity contribution in [2.45, 2.75) is 42.7 Å². The maximum absolute atomic E-state index is 12.9. The number of hydrogen-bond acceptors (Lipinski definition) is 5. The van der Waals surface area contributed by atoms with E-state index >= 15 is 0 Å². The number of carbonyl (C=O) groups is 1. The molecular weight excluding hydrogens is 392 g/mol. The van der Waals surface area contributed by atoms with Crippen molar-refractivity contribution >= 4 is 28.4 Å². The lowest BCUT2D eigenvalue weighted by Crippen LogP contribution is -2.50. The van der Waals surface area contributed by atoms with Gasteiger partial charge in [0.15, 0.2) is 0 Å². The minimum Gasteiger partial charge on any atom is -0.326 e. The summed E-state index contributed by atoms with van der Waals surface area (Å²) in [6.07, 6.45) is 4.64. The number of hydrogen-bond donors (Lipinski definition) is 0. The highest BCUT2D eigenvalue weighted by Crippen LogP contribution is 2.34. The summed E-state index contributed by atoms with van der Waals surface area (Å²) in [5, 5.41) is 21.4. The van der Waals surface area contributed by atoms with Gasteiger partial charge in [-0.2, -0.15) is 5.26 Å². The average molecular weight is 417 g/mol.